The highest BCUT2D eigenvalue weighted by atomic mass is 16.5. The standard InChI is InChI=1S/C9H11NO2.C7H14N2O/c1-6-3-4-7(5-8(6)10)9(11)12-2;8-4-2-6-9-5-1-3-7(9)10/h3-5H,10H2,1-2H3;1-6,8H2. The van der Waals surface area contributed by atoms with Crippen molar-refractivity contribution in [2.75, 3.05) is 32.5 Å². The van der Waals surface area contributed by atoms with E-state index in [1.165, 1.54) is 7.11 Å². The third-order valence-corrected chi connectivity index (χ3v) is 3.50. The number of benzene rings is 1. The summed E-state index contributed by atoms with van der Waals surface area (Å²) in [6, 6.07) is 5.10. The van der Waals surface area contributed by atoms with E-state index in [2.05, 4.69) is 4.74 Å². The van der Waals surface area contributed by atoms with E-state index >= 15 is 0 Å². The molecule has 22 heavy (non-hydrogen) atoms. The van der Waals surface area contributed by atoms with Gasteiger partial charge < -0.3 is 21.1 Å². The van der Waals surface area contributed by atoms with Gasteiger partial charge >= 0.3 is 5.97 Å². The quantitative estimate of drug-likeness (QED) is 0.645. The Morgan fingerprint density at radius 3 is 2.64 bits per heavy atom. The van der Waals surface area contributed by atoms with E-state index in [-0.39, 0.29) is 5.97 Å². The molecule has 1 aliphatic rings. The summed E-state index contributed by atoms with van der Waals surface area (Å²) in [5.74, 6) is -0.0600. The van der Waals surface area contributed by atoms with E-state index in [4.69, 9.17) is 11.5 Å². The molecule has 1 aromatic rings. The highest BCUT2D eigenvalue weighted by molar-refractivity contribution is 5.90. The molecule has 122 valence electrons. The molecule has 1 aliphatic heterocycles. The first kappa shape index (κ1) is 18.0. The van der Waals surface area contributed by atoms with Crippen molar-refractivity contribution >= 4 is 17.6 Å². The van der Waals surface area contributed by atoms with Crippen molar-refractivity contribution in [3.05, 3.63) is 29.3 Å². The Labute approximate surface area is 131 Å². The van der Waals surface area contributed by atoms with Crippen molar-refractivity contribution < 1.29 is 14.3 Å². The predicted molar refractivity (Wildman–Crippen MR) is 86.4 cm³/mol. The number of nitrogen functional groups attached to an aromatic ring is 1. The normalized spacial score (nSPS) is 13.6. The first-order valence-corrected chi connectivity index (χ1v) is 7.42. The number of nitrogens with zero attached hydrogens (tertiary/aromatic N) is 1. The van der Waals surface area contributed by atoms with Gasteiger partial charge in [-0.2, -0.15) is 0 Å². The van der Waals surface area contributed by atoms with E-state index in [1.54, 1.807) is 18.2 Å². The first-order valence-electron chi connectivity index (χ1n) is 7.42. The Bertz CT molecular complexity index is 517. The number of carbonyl (C=O) groups excluding carboxylic acids is 2. The highest BCUT2D eigenvalue weighted by Gasteiger charge is 2.18. The Hall–Kier alpha value is -2.08. The van der Waals surface area contributed by atoms with Crippen molar-refractivity contribution in [1.82, 2.24) is 4.90 Å². The number of hydrogen-bond donors (Lipinski definition) is 2. The summed E-state index contributed by atoms with van der Waals surface area (Å²) in [6.07, 6.45) is 2.71. The van der Waals surface area contributed by atoms with Gasteiger partial charge in [0, 0.05) is 25.2 Å². The second-order valence-electron chi connectivity index (χ2n) is 5.19. The lowest BCUT2D eigenvalue weighted by atomic mass is 10.1. The summed E-state index contributed by atoms with van der Waals surface area (Å²) in [6.45, 7) is 4.37. The van der Waals surface area contributed by atoms with Crippen molar-refractivity contribution in [1.29, 1.82) is 0 Å². The van der Waals surface area contributed by atoms with Gasteiger partial charge in [0.25, 0.3) is 0 Å². The van der Waals surface area contributed by atoms with Crippen LogP contribution in [0, 0.1) is 6.92 Å². The van der Waals surface area contributed by atoms with Crippen LogP contribution in [0.5, 0.6) is 0 Å². The van der Waals surface area contributed by atoms with Gasteiger partial charge in [0.05, 0.1) is 12.7 Å². The smallest absolute Gasteiger partial charge is 0.337 e. The van der Waals surface area contributed by atoms with Crippen LogP contribution >= 0.6 is 0 Å². The lowest BCUT2D eigenvalue weighted by Gasteiger charge is -2.13. The maximum atomic E-state index is 11.0. The Morgan fingerprint density at radius 2 is 2.14 bits per heavy atom. The van der Waals surface area contributed by atoms with Gasteiger partial charge in [-0.1, -0.05) is 6.07 Å². The van der Waals surface area contributed by atoms with E-state index in [1.807, 2.05) is 11.8 Å². The molecule has 0 unspecified atom stereocenters. The fourth-order valence-electron chi connectivity index (χ4n) is 2.11. The minimum absolute atomic E-state index is 0.299. The maximum absolute atomic E-state index is 11.0. The SMILES string of the molecule is COC(=O)c1ccc(C)c(N)c1.NCCCN1CCCC1=O. The molecule has 0 aromatic heterocycles. The molecule has 2 rings (SSSR count). The molecular weight excluding hydrogens is 282 g/mol. The fraction of sp³-hybridized carbons (Fsp3) is 0.500. The zero-order valence-corrected chi connectivity index (χ0v) is 13.3. The number of carbonyl (C=O) groups is 2. The van der Waals surface area contributed by atoms with Crippen LogP contribution in [0.25, 0.3) is 0 Å². The van der Waals surface area contributed by atoms with Gasteiger partial charge in [-0.3, -0.25) is 4.79 Å². The molecular formula is C16H25N3O3. The number of nitrogens with two attached hydrogens (primary N) is 2. The zero-order valence-electron chi connectivity index (χ0n) is 13.3. The second-order valence-corrected chi connectivity index (χ2v) is 5.19. The van der Waals surface area contributed by atoms with E-state index in [0.717, 1.165) is 37.9 Å². The molecule has 1 fully saturated rings. The average Bonchev–Trinajstić information content (AvgIpc) is 2.93. The summed E-state index contributed by atoms with van der Waals surface area (Å²) in [5.41, 5.74) is 13.0. The number of amides is 1. The van der Waals surface area contributed by atoms with E-state index in [9.17, 15) is 9.59 Å². The molecule has 4 N–H and O–H groups in total. The Kier molecular flexibility index (Phi) is 7.39. The number of hydrogen-bond acceptors (Lipinski definition) is 5. The number of esters is 1. The van der Waals surface area contributed by atoms with Gasteiger partial charge in [0.15, 0.2) is 0 Å². The summed E-state index contributed by atoms with van der Waals surface area (Å²) >= 11 is 0. The number of rotatable bonds is 4. The number of likely N-dealkylation sites (tertiary alicyclic amines) is 1. The minimum atomic E-state index is -0.360. The molecule has 1 heterocycles. The first-order chi connectivity index (χ1) is 10.5. The molecule has 0 bridgehead atoms. The van der Waals surface area contributed by atoms with Gasteiger partial charge in [-0.05, 0) is 44.0 Å². The third-order valence-electron chi connectivity index (χ3n) is 3.50. The number of methoxy groups -OCH3 is 1. The zero-order chi connectivity index (χ0) is 16.5. The lowest BCUT2D eigenvalue weighted by molar-refractivity contribution is -0.127. The van der Waals surface area contributed by atoms with Crippen LogP contribution in [0.4, 0.5) is 5.69 Å². The Balaban J connectivity index is 0.000000224. The van der Waals surface area contributed by atoms with Crippen molar-refractivity contribution in [2.45, 2.75) is 26.2 Å². The van der Waals surface area contributed by atoms with Crippen molar-refractivity contribution in [2.24, 2.45) is 5.73 Å². The molecule has 0 radical (unpaired) electrons. The lowest BCUT2D eigenvalue weighted by Crippen LogP contribution is -2.27. The van der Waals surface area contributed by atoms with Crippen LogP contribution < -0.4 is 11.5 Å². The molecule has 0 aliphatic carbocycles. The topological polar surface area (TPSA) is 98.7 Å². The molecule has 0 spiro atoms. The van der Waals surface area contributed by atoms with Crippen LogP contribution in [-0.4, -0.2) is 43.5 Å². The molecule has 0 atom stereocenters. The summed E-state index contributed by atoms with van der Waals surface area (Å²) < 4.78 is 4.54. The van der Waals surface area contributed by atoms with Crippen LogP contribution in [0.1, 0.15) is 35.2 Å². The number of aryl methyl sites for hydroxylation is 1. The van der Waals surface area contributed by atoms with Crippen LogP contribution in [0.3, 0.4) is 0 Å². The third kappa shape index (κ3) is 5.37. The predicted octanol–water partition coefficient (Wildman–Crippen LogP) is 1.32. The summed E-state index contributed by atoms with van der Waals surface area (Å²) in [7, 11) is 1.35. The fourth-order valence-corrected chi connectivity index (χ4v) is 2.11. The monoisotopic (exact) mass is 307 g/mol. The molecule has 1 aromatic carbocycles. The Morgan fingerprint density at radius 1 is 1.41 bits per heavy atom. The summed E-state index contributed by atoms with van der Waals surface area (Å²) in [4.78, 5) is 23.9. The molecule has 6 heteroatoms. The average molecular weight is 307 g/mol. The van der Waals surface area contributed by atoms with Gasteiger partial charge in [0.1, 0.15) is 0 Å². The van der Waals surface area contributed by atoms with Crippen LogP contribution in [0.15, 0.2) is 18.2 Å². The molecule has 1 saturated heterocycles. The van der Waals surface area contributed by atoms with Gasteiger partial charge in [-0.25, -0.2) is 4.79 Å². The van der Waals surface area contributed by atoms with Crippen molar-refractivity contribution in [3.8, 4) is 0 Å². The largest absolute Gasteiger partial charge is 0.465 e. The molecule has 1 amide bonds. The van der Waals surface area contributed by atoms with E-state index in [0.29, 0.717) is 23.7 Å². The van der Waals surface area contributed by atoms with Crippen molar-refractivity contribution in [3.63, 3.8) is 0 Å². The van der Waals surface area contributed by atoms with Gasteiger partial charge in [0.2, 0.25) is 5.91 Å². The number of ether oxygens (including phenoxy) is 1. The summed E-state index contributed by atoms with van der Waals surface area (Å²) in [5, 5.41) is 0. The number of anilines is 1. The van der Waals surface area contributed by atoms with Gasteiger partial charge in [-0.15, -0.1) is 0 Å². The van der Waals surface area contributed by atoms with Crippen LogP contribution in [0.2, 0.25) is 0 Å². The molecule has 0 saturated carbocycles. The minimum Gasteiger partial charge on any atom is -0.465 e. The van der Waals surface area contributed by atoms with Crippen LogP contribution in [-0.2, 0) is 9.53 Å². The van der Waals surface area contributed by atoms with E-state index < -0.39 is 0 Å². The second kappa shape index (κ2) is 9.04. The highest BCUT2D eigenvalue weighted by Crippen LogP contribution is 2.13. The maximum Gasteiger partial charge on any atom is 0.337 e. The molecule has 6 nitrogen and oxygen atoms in total.